The summed E-state index contributed by atoms with van der Waals surface area (Å²) < 4.78 is 39.8. The highest BCUT2D eigenvalue weighted by molar-refractivity contribution is 7.89. The fourth-order valence-electron chi connectivity index (χ4n) is 2.17. The highest BCUT2D eigenvalue weighted by Crippen LogP contribution is 2.36. The smallest absolute Gasteiger partial charge is 0.243 e. The highest BCUT2D eigenvalue weighted by atomic mass is 32.2. The molecule has 0 amide bonds. The lowest BCUT2D eigenvalue weighted by molar-refractivity contribution is 0.357. The number of aryl methyl sites for hydroxylation is 1. The molecule has 0 aromatic heterocycles. The normalized spacial score (nSPS) is 17.7. The average Bonchev–Trinajstić information content (AvgIpc) is 3.17. The lowest BCUT2D eigenvalue weighted by Crippen LogP contribution is -2.36. The lowest BCUT2D eigenvalue weighted by Gasteiger charge is -2.24. The number of nitrogens with zero attached hydrogens (tertiary/aromatic N) is 1. The topological polar surface area (TPSA) is 63.4 Å². The van der Waals surface area contributed by atoms with Crippen molar-refractivity contribution in [3.63, 3.8) is 0 Å². The first-order valence-electron chi connectivity index (χ1n) is 6.28. The van der Waals surface area contributed by atoms with E-state index in [2.05, 4.69) is 0 Å². The van der Waals surface area contributed by atoms with Crippen LogP contribution in [-0.2, 0) is 10.0 Å². The molecule has 106 valence electrons. The minimum absolute atomic E-state index is 0.0448. The van der Waals surface area contributed by atoms with Crippen molar-refractivity contribution < 1.29 is 12.8 Å². The zero-order chi connectivity index (χ0) is 14.4. The van der Waals surface area contributed by atoms with Gasteiger partial charge < -0.3 is 5.73 Å². The van der Waals surface area contributed by atoms with Crippen molar-refractivity contribution in [2.24, 2.45) is 5.92 Å². The number of nitrogen functional groups attached to an aromatic ring is 1. The first-order chi connectivity index (χ1) is 8.75. The van der Waals surface area contributed by atoms with Gasteiger partial charge in [-0.1, -0.05) is 0 Å². The van der Waals surface area contributed by atoms with Crippen molar-refractivity contribution in [2.75, 3.05) is 12.8 Å². The summed E-state index contributed by atoms with van der Waals surface area (Å²) in [4.78, 5) is 0.0545. The summed E-state index contributed by atoms with van der Waals surface area (Å²) in [6.07, 6.45) is 2.12. The van der Waals surface area contributed by atoms with E-state index in [1.54, 1.807) is 7.05 Å². The molecule has 1 aliphatic rings. The van der Waals surface area contributed by atoms with Crippen LogP contribution >= 0.6 is 0 Å². The molecule has 1 aromatic carbocycles. The average molecular weight is 286 g/mol. The lowest BCUT2D eigenvalue weighted by atomic mass is 10.2. The molecule has 0 saturated heterocycles. The van der Waals surface area contributed by atoms with Crippen LogP contribution in [0.3, 0.4) is 0 Å². The van der Waals surface area contributed by atoms with Gasteiger partial charge in [0.2, 0.25) is 10.0 Å². The Morgan fingerprint density at radius 2 is 2.00 bits per heavy atom. The number of halogens is 1. The van der Waals surface area contributed by atoms with Gasteiger partial charge in [-0.15, -0.1) is 0 Å². The van der Waals surface area contributed by atoms with Crippen molar-refractivity contribution >= 4 is 15.7 Å². The van der Waals surface area contributed by atoms with Gasteiger partial charge in [0.15, 0.2) is 0 Å². The van der Waals surface area contributed by atoms with Gasteiger partial charge in [-0.2, -0.15) is 4.31 Å². The standard InChI is InChI=1S/C13H19FN2O2S/c1-8-6-11(7-12(15)13(8)14)19(17,18)16(3)9(2)10-4-5-10/h6-7,9-10H,4-5,15H2,1-3H3. The second kappa shape index (κ2) is 4.76. The summed E-state index contributed by atoms with van der Waals surface area (Å²) in [5.41, 5.74) is 5.62. The Kier molecular flexibility index (Phi) is 3.57. The van der Waals surface area contributed by atoms with E-state index in [1.807, 2.05) is 6.92 Å². The first kappa shape index (κ1) is 14.3. The van der Waals surface area contributed by atoms with Crippen LogP contribution in [0.5, 0.6) is 0 Å². The fourth-order valence-corrected chi connectivity index (χ4v) is 3.72. The molecule has 0 radical (unpaired) electrons. The second-order valence-electron chi connectivity index (χ2n) is 5.24. The Labute approximate surface area is 113 Å². The number of anilines is 1. The van der Waals surface area contributed by atoms with E-state index >= 15 is 0 Å². The molecule has 0 aliphatic heterocycles. The van der Waals surface area contributed by atoms with Crippen LogP contribution in [0.4, 0.5) is 10.1 Å². The van der Waals surface area contributed by atoms with Crippen LogP contribution in [0.2, 0.25) is 0 Å². The van der Waals surface area contributed by atoms with Gasteiger partial charge in [0.25, 0.3) is 0 Å². The molecule has 0 bridgehead atoms. The molecular formula is C13H19FN2O2S. The molecule has 4 nitrogen and oxygen atoms in total. The third-order valence-electron chi connectivity index (χ3n) is 3.81. The molecule has 6 heteroatoms. The Balaban J connectivity index is 2.38. The van der Waals surface area contributed by atoms with E-state index in [0.29, 0.717) is 5.92 Å². The molecule has 1 atom stereocenters. The third kappa shape index (κ3) is 2.60. The van der Waals surface area contributed by atoms with Crippen LogP contribution in [-0.4, -0.2) is 25.8 Å². The Bertz CT molecular complexity index is 574. The van der Waals surface area contributed by atoms with E-state index in [9.17, 15) is 12.8 Å². The molecule has 1 fully saturated rings. The van der Waals surface area contributed by atoms with Crippen LogP contribution in [0.25, 0.3) is 0 Å². The van der Waals surface area contributed by atoms with Gasteiger partial charge in [0, 0.05) is 13.1 Å². The maximum absolute atomic E-state index is 13.5. The van der Waals surface area contributed by atoms with E-state index in [4.69, 9.17) is 5.73 Å². The number of hydrogen-bond donors (Lipinski definition) is 1. The van der Waals surface area contributed by atoms with Crippen molar-refractivity contribution in [1.29, 1.82) is 0 Å². The highest BCUT2D eigenvalue weighted by Gasteiger charge is 2.36. The van der Waals surface area contributed by atoms with Crippen LogP contribution < -0.4 is 5.73 Å². The maximum atomic E-state index is 13.5. The van der Waals surface area contributed by atoms with E-state index in [-0.39, 0.29) is 22.2 Å². The monoisotopic (exact) mass is 286 g/mol. The van der Waals surface area contributed by atoms with Crippen molar-refractivity contribution in [3.8, 4) is 0 Å². The first-order valence-corrected chi connectivity index (χ1v) is 7.73. The quantitative estimate of drug-likeness (QED) is 0.862. The third-order valence-corrected chi connectivity index (χ3v) is 5.73. The Morgan fingerprint density at radius 3 is 2.47 bits per heavy atom. The van der Waals surface area contributed by atoms with Gasteiger partial charge in [0.05, 0.1) is 10.6 Å². The van der Waals surface area contributed by atoms with E-state index < -0.39 is 15.8 Å². The number of nitrogens with two attached hydrogens (primary N) is 1. The van der Waals surface area contributed by atoms with Gasteiger partial charge in [-0.05, 0) is 50.3 Å². The van der Waals surface area contributed by atoms with Crippen molar-refractivity contribution in [2.45, 2.75) is 37.6 Å². The number of benzene rings is 1. The summed E-state index contributed by atoms with van der Waals surface area (Å²) in [6.45, 7) is 3.41. The molecular weight excluding hydrogens is 267 g/mol. The SMILES string of the molecule is Cc1cc(S(=O)(=O)N(C)C(C)C2CC2)cc(N)c1F. The number of hydrogen-bond acceptors (Lipinski definition) is 3. The maximum Gasteiger partial charge on any atom is 0.243 e. The molecule has 2 rings (SSSR count). The van der Waals surface area contributed by atoms with Gasteiger partial charge in [0.1, 0.15) is 5.82 Å². The summed E-state index contributed by atoms with van der Waals surface area (Å²) in [5, 5.41) is 0. The van der Waals surface area contributed by atoms with Crippen molar-refractivity contribution in [3.05, 3.63) is 23.5 Å². The molecule has 2 N–H and O–H groups in total. The summed E-state index contributed by atoms with van der Waals surface area (Å²) >= 11 is 0. The van der Waals surface area contributed by atoms with Crippen LogP contribution in [0.1, 0.15) is 25.3 Å². The zero-order valence-corrected chi connectivity index (χ0v) is 12.2. The van der Waals surface area contributed by atoms with Crippen LogP contribution in [0, 0.1) is 18.7 Å². The Hall–Kier alpha value is -1.14. The predicted octanol–water partition coefficient (Wildman–Crippen LogP) is 2.14. The van der Waals surface area contributed by atoms with Crippen molar-refractivity contribution in [1.82, 2.24) is 4.31 Å². The van der Waals surface area contributed by atoms with Gasteiger partial charge in [-0.3, -0.25) is 0 Å². The molecule has 1 unspecified atom stereocenters. The zero-order valence-electron chi connectivity index (χ0n) is 11.4. The summed E-state index contributed by atoms with van der Waals surface area (Å²) in [5.74, 6) is -0.129. The second-order valence-corrected chi connectivity index (χ2v) is 7.24. The fraction of sp³-hybridized carbons (Fsp3) is 0.538. The Morgan fingerprint density at radius 1 is 1.42 bits per heavy atom. The van der Waals surface area contributed by atoms with E-state index in [0.717, 1.165) is 12.8 Å². The van der Waals surface area contributed by atoms with Gasteiger partial charge in [-0.25, -0.2) is 12.8 Å². The summed E-state index contributed by atoms with van der Waals surface area (Å²) in [6, 6.07) is 2.47. The number of rotatable bonds is 4. The molecule has 0 spiro atoms. The molecule has 1 saturated carbocycles. The molecule has 0 heterocycles. The van der Waals surface area contributed by atoms with Crippen LogP contribution in [0.15, 0.2) is 17.0 Å². The minimum Gasteiger partial charge on any atom is -0.396 e. The summed E-state index contributed by atoms with van der Waals surface area (Å²) in [7, 11) is -2.06. The molecule has 1 aliphatic carbocycles. The largest absolute Gasteiger partial charge is 0.396 e. The van der Waals surface area contributed by atoms with E-state index in [1.165, 1.54) is 23.4 Å². The minimum atomic E-state index is -3.62. The van der Waals surface area contributed by atoms with Gasteiger partial charge >= 0.3 is 0 Å². The number of sulfonamides is 1. The molecule has 1 aromatic rings. The molecule has 19 heavy (non-hydrogen) atoms. The predicted molar refractivity (Wildman–Crippen MR) is 72.7 cm³/mol.